The predicted octanol–water partition coefficient (Wildman–Crippen LogP) is 12.9. The van der Waals surface area contributed by atoms with Crippen molar-refractivity contribution >= 4 is 84.8 Å². The second-order valence-electron chi connectivity index (χ2n) is 14.5. The fourth-order valence-corrected chi connectivity index (χ4v) is 10.7. The minimum atomic E-state index is -0.184. The summed E-state index contributed by atoms with van der Waals surface area (Å²) >= 11 is 3.63. The van der Waals surface area contributed by atoms with Crippen LogP contribution in [0.15, 0.2) is 138 Å². The monoisotopic (exact) mass is 716 g/mol. The van der Waals surface area contributed by atoms with E-state index < -0.39 is 0 Å². The molecule has 11 aromatic rings. The molecule has 6 aromatic carbocycles. The van der Waals surface area contributed by atoms with E-state index in [1.807, 2.05) is 35.2 Å². The molecule has 0 unspecified atom stereocenters. The number of hydrogen-bond acceptors (Lipinski definition) is 6. The Morgan fingerprint density at radius 3 is 1.64 bits per heavy atom. The Hall–Kier alpha value is -6.15. The molecule has 0 fully saturated rings. The first-order valence-electron chi connectivity index (χ1n) is 17.7. The molecule has 1 aliphatic rings. The van der Waals surface area contributed by atoms with Crippen molar-refractivity contribution in [3.8, 4) is 39.9 Å². The number of thiophene rings is 2. The lowest BCUT2D eigenvalue weighted by molar-refractivity contribution is 0.550. The molecule has 0 N–H and O–H groups in total. The maximum atomic E-state index is 5.83. The van der Waals surface area contributed by atoms with Crippen LogP contribution in [-0.2, 0) is 5.41 Å². The molecule has 0 radical (unpaired) electrons. The molecule has 6 heterocycles. The van der Waals surface area contributed by atoms with Crippen molar-refractivity contribution in [3.05, 3.63) is 145 Å². The van der Waals surface area contributed by atoms with E-state index in [0.29, 0.717) is 17.5 Å². The maximum Gasteiger partial charge on any atom is 0.164 e. The number of benzene rings is 6. The Kier molecular flexibility index (Phi) is 5.81. The van der Waals surface area contributed by atoms with E-state index in [4.69, 9.17) is 19.4 Å². The molecule has 0 saturated carbocycles. The largest absolute Gasteiger partial charge is 0.470 e. The van der Waals surface area contributed by atoms with Gasteiger partial charge < -0.3 is 8.98 Å². The van der Waals surface area contributed by atoms with E-state index in [2.05, 4.69) is 140 Å². The molecule has 5 aromatic heterocycles. The van der Waals surface area contributed by atoms with Gasteiger partial charge in [-0.25, -0.2) is 15.0 Å². The van der Waals surface area contributed by atoms with Gasteiger partial charge in [0.15, 0.2) is 17.5 Å². The summed E-state index contributed by atoms with van der Waals surface area (Å²) in [6.07, 6.45) is 3.78. The first-order valence-corrected chi connectivity index (χ1v) is 19.4. The number of aromatic nitrogens is 4. The van der Waals surface area contributed by atoms with Crippen molar-refractivity contribution in [1.29, 1.82) is 0 Å². The van der Waals surface area contributed by atoms with E-state index in [-0.39, 0.29) is 5.41 Å². The number of nitrogens with zero attached hydrogens (tertiary/aromatic N) is 4. The third kappa shape index (κ3) is 4.09. The van der Waals surface area contributed by atoms with Crippen LogP contribution in [0, 0.1) is 0 Å². The molecule has 12 rings (SSSR count). The Morgan fingerprint density at radius 1 is 0.491 bits per heavy atom. The lowest BCUT2D eigenvalue weighted by Gasteiger charge is -2.31. The minimum absolute atomic E-state index is 0.184. The molecule has 5 nitrogen and oxygen atoms in total. The van der Waals surface area contributed by atoms with Gasteiger partial charge in [-0.3, -0.25) is 0 Å². The number of para-hydroxylation sites is 1. The zero-order valence-corrected chi connectivity index (χ0v) is 30.3. The summed E-state index contributed by atoms with van der Waals surface area (Å²) in [5.41, 5.74) is 8.64. The summed E-state index contributed by atoms with van der Waals surface area (Å²) in [4.78, 5) is 15.7. The van der Waals surface area contributed by atoms with Gasteiger partial charge in [0, 0.05) is 78.8 Å². The van der Waals surface area contributed by atoms with Crippen LogP contribution in [0.4, 0.5) is 0 Å². The van der Waals surface area contributed by atoms with Crippen LogP contribution in [0.2, 0.25) is 0 Å². The van der Waals surface area contributed by atoms with Gasteiger partial charge in [0.05, 0.1) is 23.0 Å². The fraction of sp³-hybridized carbons (Fsp3) is 0.0652. The maximum absolute atomic E-state index is 5.83. The molecule has 0 atom stereocenters. The van der Waals surface area contributed by atoms with Gasteiger partial charge >= 0.3 is 0 Å². The second kappa shape index (κ2) is 10.5. The summed E-state index contributed by atoms with van der Waals surface area (Å²) in [5, 5.41) is 7.30. The quantitative estimate of drug-likeness (QED) is 0.183. The van der Waals surface area contributed by atoms with Gasteiger partial charge in [0.2, 0.25) is 0 Å². The highest BCUT2D eigenvalue weighted by atomic mass is 32.1. The molecule has 1 aliphatic heterocycles. The normalized spacial score (nSPS) is 13.6. The Bertz CT molecular complexity index is 3210. The highest BCUT2D eigenvalue weighted by Gasteiger charge is 2.36. The first-order chi connectivity index (χ1) is 26.0. The van der Waals surface area contributed by atoms with Gasteiger partial charge in [-0.1, -0.05) is 68.4 Å². The molecule has 0 bridgehead atoms. The fourth-order valence-electron chi connectivity index (χ4n) is 8.53. The molecule has 7 heteroatoms. The van der Waals surface area contributed by atoms with Crippen LogP contribution in [0.5, 0.6) is 0 Å². The number of fused-ring (bicyclic) bond motifs is 11. The Balaban J connectivity index is 1.10. The van der Waals surface area contributed by atoms with Gasteiger partial charge in [-0.2, -0.15) is 0 Å². The van der Waals surface area contributed by atoms with Gasteiger partial charge in [-0.05, 0) is 72.3 Å². The number of furan rings is 1. The first kappa shape index (κ1) is 29.4. The number of hydrogen-bond donors (Lipinski definition) is 0. The third-order valence-corrected chi connectivity index (χ3v) is 13.5. The molecular formula is C46H28N4OS2. The van der Waals surface area contributed by atoms with Crippen molar-refractivity contribution < 1.29 is 4.42 Å². The molecule has 0 spiro atoms. The molecule has 53 heavy (non-hydrogen) atoms. The van der Waals surface area contributed by atoms with Gasteiger partial charge in [0.1, 0.15) is 6.26 Å². The van der Waals surface area contributed by atoms with Gasteiger partial charge in [0.25, 0.3) is 0 Å². The zero-order valence-electron chi connectivity index (χ0n) is 28.7. The van der Waals surface area contributed by atoms with Crippen molar-refractivity contribution in [2.75, 3.05) is 0 Å². The lowest BCUT2D eigenvalue weighted by atomic mass is 9.76. The molecule has 250 valence electrons. The van der Waals surface area contributed by atoms with E-state index in [1.54, 1.807) is 0 Å². The predicted molar refractivity (Wildman–Crippen MR) is 221 cm³/mol. The van der Waals surface area contributed by atoms with E-state index in [9.17, 15) is 0 Å². The highest BCUT2D eigenvalue weighted by molar-refractivity contribution is 7.26. The van der Waals surface area contributed by atoms with E-state index in [0.717, 1.165) is 33.3 Å². The standard InChI is InChI=1S/C46H28N4OS2/c1-46(2)34-11-7-10-30-31-20-25(14-17-36(31)50(42(30)34)37-24-51-23-35(37)46)43-47-44(26-15-18-40-32(21-26)28-8-3-5-12-38(28)52-40)49-45(48-43)27-16-19-41-33(22-27)29-9-4-6-13-39(29)53-41/h3-24H,1-2H3. The summed E-state index contributed by atoms with van der Waals surface area (Å²) in [7, 11) is 0. The Labute approximate surface area is 311 Å². The summed E-state index contributed by atoms with van der Waals surface area (Å²) in [6.45, 7) is 4.56. The average molecular weight is 717 g/mol. The number of rotatable bonds is 3. The SMILES string of the molecule is CC1(C)c2cocc2-n2c3ccc(-c4nc(-c5ccc6sc7ccccc7c6c5)nc(-c5ccc6sc7ccccc7c6c5)n4)cc3c3cccc1c32. The summed E-state index contributed by atoms with van der Waals surface area (Å²) in [5.74, 6) is 1.96. The van der Waals surface area contributed by atoms with Crippen LogP contribution in [0.1, 0.15) is 25.0 Å². The minimum Gasteiger partial charge on any atom is -0.470 e. The zero-order chi connectivity index (χ0) is 35.0. The van der Waals surface area contributed by atoms with Gasteiger partial charge in [-0.15, -0.1) is 22.7 Å². The highest BCUT2D eigenvalue weighted by Crippen LogP contribution is 2.48. The van der Waals surface area contributed by atoms with Crippen molar-refractivity contribution in [3.63, 3.8) is 0 Å². The van der Waals surface area contributed by atoms with Crippen molar-refractivity contribution in [2.45, 2.75) is 19.3 Å². The average Bonchev–Trinajstić information content (AvgIpc) is 3.98. The summed E-state index contributed by atoms with van der Waals surface area (Å²) < 4.78 is 13.2. The van der Waals surface area contributed by atoms with Crippen molar-refractivity contribution in [1.82, 2.24) is 19.5 Å². The van der Waals surface area contributed by atoms with Crippen LogP contribution >= 0.6 is 22.7 Å². The second-order valence-corrected chi connectivity index (χ2v) is 16.7. The van der Waals surface area contributed by atoms with Crippen LogP contribution < -0.4 is 0 Å². The molecular weight excluding hydrogens is 689 g/mol. The molecule has 0 amide bonds. The smallest absolute Gasteiger partial charge is 0.164 e. The van der Waals surface area contributed by atoms with Crippen LogP contribution in [-0.4, -0.2) is 19.5 Å². The summed E-state index contributed by atoms with van der Waals surface area (Å²) in [6, 6.07) is 43.6. The van der Waals surface area contributed by atoms with E-state index in [1.165, 1.54) is 62.4 Å². The van der Waals surface area contributed by atoms with Crippen LogP contribution in [0.3, 0.4) is 0 Å². The topological polar surface area (TPSA) is 56.7 Å². The molecule has 0 aliphatic carbocycles. The van der Waals surface area contributed by atoms with E-state index >= 15 is 0 Å². The molecule has 0 saturated heterocycles. The van der Waals surface area contributed by atoms with Crippen LogP contribution in [0.25, 0.3) is 102 Å². The third-order valence-electron chi connectivity index (χ3n) is 11.2. The lowest BCUT2D eigenvalue weighted by Crippen LogP contribution is -2.24. The Morgan fingerprint density at radius 2 is 1.02 bits per heavy atom. The van der Waals surface area contributed by atoms with Crippen molar-refractivity contribution in [2.24, 2.45) is 0 Å².